The summed E-state index contributed by atoms with van der Waals surface area (Å²) in [6.07, 6.45) is 0. The van der Waals surface area contributed by atoms with Crippen LogP contribution >= 0.6 is 28.1 Å². The molecule has 114 valence electrons. The van der Waals surface area contributed by atoms with E-state index in [1.165, 1.54) is 0 Å². The average molecular weight is 379 g/mol. The van der Waals surface area contributed by atoms with Crippen molar-refractivity contribution in [2.75, 3.05) is 11.9 Å². The van der Waals surface area contributed by atoms with E-state index in [-0.39, 0.29) is 11.0 Å². The van der Waals surface area contributed by atoms with Crippen LogP contribution in [0.2, 0.25) is 0 Å². The second kappa shape index (κ2) is 7.91. The molecule has 4 nitrogen and oxygen atoms in total. The first-order chi connectivity index (χ1) is 10.6. The van der Waals surface area contributed by atoms with Crippen LogP contribution in [0, 0.1) is 0 Å². The molecule has 0 atom stereocenters. The van der Waals surface area contributed by atoms with Gasteiger partial charge in [-0.2, -0.15) is 0 Å². The van der Waals surface area contributed by atoms with Crippen molar-refractivity contribution in [2.24, 2.45) is 0 Å². The zero-order chi connectivity index (χ0) is 15.9. The van der Waals surface area contributed by atoms with Crippen LogP contribution in [0.4, 0.5) is 5.69 Å². The van der Waals surface area contributed by atoms with Gasteiger partial charge in [-0.3, -0.25) is 10.1 Å². The highest BCUT2D eigenvalue weighted by Gasteiger charge is 2.08. The Labute approximate surface area is 143 Å². The molecule has 2 aromatic carbocycles. The van der Waals surface area contributed by atoms with E-state index in [0.29, 0.717) is 12.2 Å². The Morgan fingerprint density at radius 2 is 1.95 bits per heavy atom. The normalized spacial score (nSPS) is 9.91. The second-order valence-electron chi connectivity index (χ2n) is 4.38. The number of halogens is 1. The van der Waals surface area contributed by atoms with E-state index in [0.717, 1.165) is 15.9 Å². The summed E-state index contributed by atoms with van der Waals surface area (Å²) >= 11 is 8.47. The van der Waals surface area contributed by atoms with Gasteiger partial charge in [-0.1, -0.05) is 22.0 Å². The van der Waals surface area contributed by atoms with Crippen molar-refractivity contribution in [3.8, 4) is 5.75 Å². The van der Waals surface area contributed by atoms with E-state index >= 15 is 0 Å². The van der Waals surface area contributed by atoms with Gasteiger partial charge in [0.1, 0.15) is 5.75 Å². The molecule has 0 unspecified atom stereocenters. The summed E-state index contributed by atoms with van der Waals surface area (Å²) in [6, 6.07) is 14.4. The van der Waals surface area contributed by atoms with E-state index in [9.17, 15) is 4.79 Å². The Hall–Kier alpha value is -1.92. The maximum absolute atomic E-state index is 12.1. The monoisotopic (exact) mass is 378 g/mol. The van der Waals surface area contributed by atoms with Crippen LogP contribution in [-0.4, -0.2) is 17.6 Å². The number of benzene rings is 2. The molecule has 0 saturated carbocycles. The predicted octanol–water partition coefficient (Wildman–Crippen LogP) is 3.97. The van der Waals surface area contributed by atoms with Crippen LogP contribution < -0.4 is 15.4 Å². The molecule has 0 aliphatic heterocycles. The van der Waals surface area contributed by atoms with Crippen LogP contribution in [0.1, 0.15) is 17.3 Å². The molecule has 0 aliphatic rings. The molecule has 0 fully saturated rings. The first kappa shape index (κ1) is 16.5. The SMILES string of the molecule is CCOc1ccc(NC(=S)NC(=O)c2cccc(Br)c2)cc1. The van der Waals surface area contributed by atoms with Gasteiger partial charge in [-0.25, -0.2) is 0 Å². The molecular formula is C16H15BrN2O2S. The Kier molecular flexibility index (Phi) is 5.91. The standard InChI is InChI=1S/C16H15BrN2O2S/c1-2-21-14-8-6-13(7-9-14)18-16(22)19-15(20)11-4-3-5-12(17)10-11/h3-10H,2H2,1H3,(H2,18,19,20,22). The first-order valence-electron chi connectivity index (χ1n) is 6.69. The largest absolute Gasteiger partial charge is 0.494 e. The van der Waals surface area contributed by atoms with E-state index in [4.69, 9.17) is 17.0 Å². The minimum Gasteiger partial charge on any atom is -0.494 e. The number of ether oxygens (including phenoxy) is 1. The minimum atomic E-state index is -0.260. The Balaban J connectivity index is 1.93. The van der Waals surface area contributed by atoms with E-state index in [1.807, 2.05) is 37.3 Å². The molecule has 0 aromatic heterocycles. The van der Waals surface area contributed by atoms with Gasteiger partial charge in [-0.15, -0.1) is 0 Å². The highest BCUT2D eigenvalue weighted by molar-refractivity contribution is 9.10. The zero-order valence-electron chi connectivity index (χ0n) is 11.9. The van der Waals surface area contributed by atoms with Crippen LogP contribution in [0.25, 0.3) is 0 Å². The number of rotatable bonds is 4. The van der Waals surface area contributed by atoms with Gasteiger partial charge >= 0.3 is 0 Å². The predicted molar refractivity (Wildman–Crippen MR) is 95.4 cm³/mol. The van der Waals surface area contributed by atoms with Gasteiger partial charge in [-0.05, 0) is 61.6 Å². The average Bonchev–Trinajstić information content (AvgIpc) is 2.49. The van der Waals surface area contributed by atoms with Crippen LogP contribution in [-0.2, 0) is 0 Å². The summed E-state index contributed by atoms with van der Waals surface area (Å²) in [6.45, 7) is 2.55. The van der Waals surface area contributed by atoms with Crippen LogP contribution in [0.3, 0.4) is 0 Å². The lowest BCUT2D eigenvalue weighted by Gasteiger charge is -2.10. The Morgan fingerprint density at radius 1 is 1.23 bits per heavy atom. The number of hydrogen-bond donors (Lipinski definition) is 2. The molecule has 1 amide bonds. The minimum absolute atomic E-state index is 0.245. The van der Waals surface area contributed by atoms with Gasteiger partial charge in [0.25, 0.3) is 5.91 Å². The van der Waals surface area contributed by atoms with E-state index < -0.39 is 0 Å². The summed E-state index contributed by atoms with van der Waals surface area (Å²) in [5.41, 5.74) is 1.31. The summed E-state index contributed by atoms with van der Waals surface area (Å²) in [4.78, 5) is 12.1. The lowest BCUT2D eigenvalue weighted by Crippen LogP contribution is -2.34. The van der Waals surface area contributed by atoms with Gasteiger partial charge in [0.2, 0.25) is 0 Å². The quantitative estimate of drug-likeness (QED) is 0.790. The second-order valence-corrected chi connectivity index (χ2v) is 5.70. The number of hydrogen-bond acceptors (Lipinski definition) is 3. The molecule has 0 radical (unpaired) electrons. The van der Waals surface area contributed by atoms with Crippen molar-refractivity contribution < 1.29 is 9.53 Å². The zero-order valence-corrected chi connectivity index (χ0v) is 14.3. The molecule has 0 heterocycles. The lowest BCUT2D eigenvalue weighted by atomic mass is 10.2. The first-order valence-corrected chi connectivity index (χ1v) is 7.89. The summed E-state index contributed by atoms with van der Waals surface area (Å²) in [7, 11) is 0. The maximum atomic E-state index is 12.1. The van der Waals surface area contributed by atoms with Crippen molar-refractivity contribution in [3.05, 3.63) is 58.6 Å². The molecule has 2 aromatic rings. The van der Waals surface area contributed by atoms with Crippen LogP contribution in [0.5, 0.6) is 5.75 Å². The number of amides is 1. The van der Waals surface area contributed by atoms with Crippen molar-refractivity contribution >= 4 is 44.9 Å². The lowest BCUT2D eigenvalue weighted by molar-refractivity contribution is 0.0977. The molecule has 2 rings (SSSR count). The molecule has 22 heavy (non-hydrogen) atoms. The van der Waals surface area contributed by atoms with Crippen molar-refractivity contribution in [1.29, 1.82) is 0 Å². The molecule has 0 spiro atoms. The molecule has 0 aliphatic carbocycles. The highest BCUT2D eigenvalue weighted by Crippen LogP contribution is 2.15. The molecule has 6 heteroatoms. The summed E-state index contributed by atoms with van der Waals surface area (Å²) < 4.78 is 6.20. The maximum Gasteiger partial charge on any atom is 0.257 e. The van der Waals surface area contributed by atoms with E-state index in [2.05, 4.69) is 26.6 Å². The third-order valence-corrected chi connectivity index (χ3v) is 3.43. The Bertz CT molecular complexity index is 674. The molecule has 0 bridgehead atoms. The van der Waals surface area contributed by atoms with Crippen molar-refractivity contribution in [1.82, 2.24) is 5.32 Å². The summed E-state index contributed by atoms with van der Waals surface area (Å²) in [5.74, 6) is 0.530. The van der Waals surface area contributed by atoms with Crippen molar-refractivity contribution in [3.63, 3.8) is 0 Å². The van der Waals surface area contributed by atoms with Gasteiger partial charge in [0.15, 0.2) is 5.11 Å². The topological polar surface area (TPSA) is 50.4 Å². The third kappa shape index (κ3) is 4.82. The number of anilines is 1. The number of carbonyl (C=O) groups excluding carboxylic acids is 1. The fourth-order valence-electron chi connectivity index (χ4n) is 1.77. The number of thiocarbonyl (C=S) groups is 1. The van der Waals surface area contributed by atoms with Gasteiger partial charge in [0.05, 0.1) is 6.61 Å². The number of carbonyl (C=O) groups is 1. The highest BCUT2D eigenvalue weighted by atomic mass is 79.9. The van der Waals surface area contributed by atoms with E-state index in [1.54, 1.807) is 18.2 Å². The molecule has 0 saturated heterocycles. The van der Waals surface area contributed by atoms with Gasteiger partial charge < -0.3 is 10.1 Å². The molecule has 2 N–H and O–H groups in total. The fourth-order valence-corrected chi connectivity index (χ4v) is 2.38. The van der Waals surface area contributed by atoms with Crippen molar-refractivity contribution in [2.45, 2.75) is 6.92 Å². The third-order valence-electron chi connectivity index (χ3n) is 2.74. The van der Waals surface area contributed by atoms with Crippen LogP contribution in [0.15, 0.2) is 53.0 Å². The fraction of sp³-hybridized carbons (Fsp3) is 0.125. The summed E-state index contributed by atoms with van der Waals surface area (Å²) in [5, 5.41) is 5.84. The number of nitrogens with one attached hydrogen (secondary N) is 2. The molecular weight excluding hydrogens is 364 g/mol. The van der Waals surface area contributed by atoms with Gasteiger partial charge in [0, 0.05) is 15.7 Å². The smallest absolute Gasteiger partial charge is 0.257 e. The Morgan fingerprint density at radius 3 is 2.59 bits per heavy atom.